The summed E-state index contributed by atoms with van der Waals surface area (Å²) >= 11 is 0. The summed E-state index contributed by atoms with van der Waals surface area (Å²) in [5.74, 6) is -2.34. The molecule has 0 saturated carbocycles. The van der Waals surface area contributed by atoms with Crippen LogP contribution in [0.4, 0.5) is 14.5 Å². The number of benzene rings is 2. The van der Waals surface area contributed by atoms with E-state index in [1.165, 1.54) is 12.1 Å². The standard InChI is InChI=1S/C21H25F2NO3/c1-4-26-20(25)9-6-10-27-21-18(22)12-16(13-19(21)23)15-7-5-8-17(11-15)24-14(2)3/h5,7-8,11-14,24H,4,6,9-10H2,1-3H3. The summed E-state index contributed by atoms with van der Waals surface area (Å²) < 4.78 is 38.7. The van der Waals surface area contributed by atoms with E-state index < -0.39 is 17.4 Å². The largest absolute Gasteiger partial charge is 0.488 e. The molecule has 0 heterocycles. The minimum Gasteiger partial charge on any atom is -0.488 e. The van der Waals surface area contributed by atoms with Crippen LogP contribution in [0.15, 0.2) is 36.4 Å². The highest BCUT2D eigenvalue weighted by Gasteiger charge is 2.14. The van der Waals surface area contributed by atoms with Crippen LogP contribution in [-0.2, 0) is 9.53 Å². The quantitative estimate of drug-likeness (QED) is 0.483. The molecule has 27 heavy (non-hydrogen) atoms. The zero-order valence-electron chi connectivity index (χ0n) is 15.9. The van der Waals surface area contributed by atoms with Gasteiger partial charge in [-0.15, -0.1) is 0 Å². The number of rotatable bonds is 9. The lowest BCUT2D eigenvalue weighted by Gasteiger charge is -2.13. The molecule has 2 aromatic carbocycles. The fourth-order valence-corrected chi connectivity index (χ4v) is 2.61. The van der Waals surface area contributed by atoms with Gasteiger partial charge in [-0.05, 0) is 62.6 Å². The Hall–Kier alpha value is -2.63. The summed E-state index contributed by atoms with van der Waals surface area (Å²) in [6.07, 6.45) is 0.465. The third-order valence-corrected chi connectivity index (χ3v) is 3.73. The second kappa shape index (κ2) is 9.90. The third-order valence-electron chi connectivity index (χ3n) is 3.73. The molecule has 0 aromatic heterocycles. The van der Waals surface area contributed by atoms with Gasteiger partial charge in [-0.1, -0.05) is 12.1 Å². The van der Waals surface area contributed by atoms with Crippen molar-refractivity contribution < 1.29 is 23.0 Å². The van der Waals surface area contributed by atoms with Crippen molar-refractivity contribution in [1.82, 2.24) is 0 Å². The number of anilines is 1. The number of carbonyl (C=O) groups is 1. The predicted octanol–water partition coefficient (Wildman–Crippen LogP) is 5.17. The Morgan fingerprint density at radius 2 is 1.81 bits per heavy atom. The van der Waals surface area contributed by atoms with E-state index in [1.54, 1.807) is 13.0 Å². The van der Waals surface area contributed by atoms with E-state index in [0.717, 1.165) is 5.69 Å². The number of hydrogen-bond acceptors (Lipinski definition) is 4. The fourth-order valence-electron chi connectivity index (χ4n) is 2.61. The molecule has 0 saturated heterocycles. The number of ether oxygens (including phenoxy) is 2. The number of hydrogen-bond donors (Lipinski definition) is 1. The first-order valence-electron chi connectivity index (χ1n) is 9.05. The molecule has 0 atom stereocenters. The van der Waals surface area contributed by atoms with Gasteiger partial charge in [0.1, 0.15) is 0 Å². The molecule has 0 aliphatic carbocycles. The Kier molecular flexibility index (Phi) is 7.58. The number of nitrogens with one attached hydrogen (secondary N) is 1. The Labute approximate surface area is 158 Å². The zero-order chi connectivity index (χ0) is 19.8. The Morgan fingerprint density at radius 3 is 2.44 bits per heavy atom. The maximum Gasteiger partial charge on any atom is 0.305 e. The maximum absolute atomic E-state index is 14.3. The first-order chi connectivity index (χ1) is 12.9. The summed E-state index contributed by atoms with van der Waals surface area (Å²) in [7, 11) is 0. The molecular weight excluding hydrogens is 352 g/mol. The topological polar surface area (TPSA) is 47.6 Å². The van der Waals surface area contributed by atoms with Crippen LogP contribution in [0.25, 0.3) is 11.1 Å². The first-order valence-corrected chi connectivity index (χ1v) is 9.05. The van der Waals surface area contributed by atoms with Crippen LogP contribution in [0.2, 0.25) is 0 Å². The number of esters is 1. The second-order valence-electron chi connectivity index (χ2n) is 6.41. The van der Waals surface area contributed by atoms with Crippen molar-refractivity contribution in [2.45, 2.75) is 39.7 Å². The van der Waals surface area contributed by atoms with Gasteiger partial charge in [0, 0.05) is 18.2 Å². The van der Waals surface area contributed by atoms with Gasteiger partial charge in [0.05, 0.1) is 13.2 Å². The average Bonchev–Trinajstić information content (AvgIpc) is 2.60. The van der Waals surface area contributed by atoms with Crippen molar-refractivity contribution in [2.75, 3.05) is 18.5 Å². The van der Waals surface area contributed by atoms with Crippen LogP contribution < -0.4 is 10.1 Å². The molecule has 146 valence electrons. The molecule has 0 aliphatic heterocycles. The van der Waals surface area contributed by atoms with E-state index >= 15 is 0 Å². The van der Waals surface area contributed by atoms with Gasteiger partial charge in [-0.25, -0.2) is 8.78 Å². The van der Waals surface area contributed by atoms with Gasteiger partial charge < -0.3 is 14.8 Å². The molecule has 4 nitrogen and oxygen atoms in total. The summed E-state index contributed by atoms with van der Waals surface area (Å²) in [4.78, 5) is 11.3. The highest BCUT2D eigenvalue weighted by Crippen LogP contribution is 2.30. The molecule has 0 fully saturated rings. The van der Waals surface area contributed by atoms with Crippen LogP contribution in [-0.4, -0.2) is 25.2 Å². The van der Waals surface area contributed by atoms with Gasteiger partial charge in [0.25, 0.3) is 0 Å². The maximum atomic E-state index is 14.3. The Balaban J connectivity index is 2.07. The van der Waals surface area contributed by atoms with E-state index in [1.807, 2.05) is 32.0 Å². The van der Waals surface area contributed by atoms with E-state index in [0.29, 0.717) is 24.2 Å². The lowest BCUT2D eigenvalue weighted by atomic mass is 10.0. The van der Waals surface area contributed by atoms with Gasteiger partial charge in [-0.3, -0.25) is 4.79 Å². The zero-order valence-corrected chi connectivity index (χ0v) is 15.9. The average molecular weight is 377 g/mol. The molecule has 0 spiro atoms. The van der Waals surface area contributed by atoms with E-state index in [-0.39, 0.29) is 25.0 Å². The molecule has 0 bridgehead atoms. The molecule has 0 unspecified atom stereocenters. The van der Waals surface area contributed by atoms with Gasteiger partial charge in [-0.2, -0.15) is 0 Å². The summed E-state index contributed by atoms with van der Waals surface area (Å²) in [5.41, 5.74) is 2.01. The SMILES string of the molecule is CCOC(=O)CCCOc1c(F)cc(-c2cccc(NC(C)C)c2)cc1F. The van der Waals surface area contributed by atoms with E-state index in [4.69, 9.17) is 9.47 Å². The third kappa shape index (κ3) is 6.24. The van der Waals surface area contributed by atoms with Gasteiger partial charge >= 0.3 is 5.97 Å². The smallest absolute Gasteiger partial charge is 0.305 e. The van der Waals surface area contributed by atoms with Crippen molar-refractivity contribution in [3.05, 3.63) is 48.0 Å². The predicted molar refractivity (Wildman–Crippen MR) is 102 cm³/mol. The number of halogens is 2. The first kappa shape index (κ1) is 20.7. The molecule has 1 N–H and O–H groups in total. The second-order valence-corrected chi connectivity index (χ2v) is 6.41. The van der Waals surface area contributed by atoms with Crippen LogP contribution in [0, 0.1) is 11.6 Å². The molecule has 0 radical (unpaired) electrons. The lowest BCUT2D eigenvalue weighted by molar-refractivity contribution is -0.143. The molecule has 0 amide bonds. The van der Waals surface area contributed by atoms with Crippen LogP contribution >= 0.6 is 0 Å². The van der Waals surface area contributed by atoms with E-state index in [9.17, 15) is 13.6 Å². The summed E-state index contributed by atoms with van der Waals surface area (Å²) in [6, 6.07) is 10.1. The fraction of sp³-hybridized carbons (Fsp3) is 0.381. The summed E-state index contributed by atoms with van der Waals surface area (Å²) in [5, 5.41) is 3.26. The van der Waals surface area contributed by atoms with Crippen molar-refractivity contribution in [3.63, 3.8) is 0 Å². The number of carbonyl (C=O) groups excluding carboxylic acids is 1. The minimum absolute atomic E-state index is 0.0276. The normalized spacial score (nSPS) is 10.7. The minimum atomic E-state index is -0.775. The van der Waals surface area contributed by atoms with Crippen LogP contribution in [0.3, 0.4) is 0 Å². The van der Waals surface area contributed by atoms with Crippen LogP contribution in [0.5, 0.6) is 5.75 Å². The molecule has 0 aliphatic rings. The monoisotopic (exact) mass is 377 g/mol. The molecule has 2 rings (SSSR count). The molecular formula is C21H25F2NO3. The van der Waals surface area contributed by atoms with Crippen molar-refractivity contribution in [3.8, 4) is 16.9 Å². The van der Waals surface area contributed by atoms with Crippen molar-refractivity contribution in [1.29, 1.82) is 0 Å². The molecule has 2 aromatic rings. The highest BCUT2D eigenvalue weighted by atomic mass is 19.1. The molecule has 6 heteroatoms. The van der Waals surface area contributed by atoms with Gasteiger partial charge in [0.2, 0.25) is 0 Å². The van der Waals surface area contributed by atoms with Crippen molar-refractivity contribution >= 4 is 11.7 Å². The highest BCUT2D eigenvalue weighted by molar-refractivity contribution is 5.69. The van der Waals surface area contributed by atoms with E-state index in [2.05, 4.69) is 5.32 Å². The summed E-state index contributed by atoms with van der Waals surface area (Å²) in [6.45, 7) is 6.08. The van der Waals surface area contributed by atoms with Crippen molar-refractivity contribution in [2.24, 2.45) is 0 Å². The Morgan fingerprint density at radius 1 is 1.11 bits per heavy atom. The van der Waals surface area contributed by atoms with Crippen LogP contribution in [0.1, 0.15) is 33.6 Å². The van der Waals surface area contributed by atoms with Gasteiger partial charge in [0.15, 0.2) is 17.4 Å². The Bertz CT molecular complexity index is 755. The lowest BCUT2D eigenvalue weighted by Crippen LogP contribution is -2.09.